The lowest BCUT2D eigenvalue weighted by molar-refractivity contribution is -0.134. The number of carbonyl (C=O) groups is 2. The van der Waals surface area contributed by atoms with Gasteiger partial charge in [0.25, 0.3) is 5.91 Å². The van der Waals surface area contributed by atoms with Gasteiger partial charge in [-0.15, -0.1) is 11.3 Å². The topological polar surface area (TPSA) is 63.6 Å². The third kappa shape index (κ3) is 3.35. The Labute approximate surface area is 169 Å². The zero-order valence-corrected chi connectivity index (χ0v) is 17.5. The summed E-state index contributed by atoms with van der Waals surface area (Å²) in [5.74, 6) is -0.142. The second-order valence-corrected chi connectivity index (χ2v) is 9.12. The zero-order valence-electron chi connectivity index (χ0n) is 16.7. The van der Waals surface area contributed by atoms with E-state index in [0.717, 1.165) is 35.9 Å². The quantitative estimate of drug-likeness (QED) is 0.778. The van der Waals surface area contributed by atoms with Crippen molar-refractivity contribution < 1.29 is 14.3 Å². The molecule has 1 saturated carbocycles. The maximum atomic E-state index is 13.5. The van der Waals surface area contributed by atoms with Crippen molar-refractivity contribution in [3.05, 3.63) is 23.2 Å². The molecule has 2 aliphatic rings. The number of amides is 2. The van der Waals surface area contributed by atoms with E-state index < -0.39 is 5.54 Å². The number of hydrogen-bond donors (Lipinski definition) is 1. The van der Waals surface area contributed by atoms with Gasteiger partial charge in [-0.05, 0) is 37.3 Å². The lowest BCUT2D eigenvalue weighted by Gasteiger charge is -2.44. The highest BCUT2D eigenvalue weighted by molar-refractivity contribution is 7.17. The molecular formula is C21H29N3O3S. The van der Waals surface area contributed by atoms with Crippen molar-refractivity contribution in [3.8, 4) is 0 Å². The van der Waals surface area contributed by atoms with Crippen LogP contribution >= 0.6 is 11.3 Å². The van der Waals surface area contributed by atoms with Crippen LogP contribution in [-0.4, -0.2) is 53.1 Å². The summed E-state index contributed by atoms with van der Waals surface area (Å²) in [6, 6.07) is 4.19. The lowest BCUT2D eigenvalue weighted by atomic mass is 9.93. The second-order valence-electron chi connectivity index (χ2n) is 8.17. The van der Waals surface area contributed by atoms with Crippen molar-refractivity contribution in [2.24, 2.45) is 0 Å². The van der Waals surface area contributed by atoms with Gasteiger partial charge in [0.15, 0.2) is 0 Å². The lowest BCUT2D eigenvalue weighted by Crippen LogP contribution is -2.65. The Morgan fingerprint density at radius 3 is 2.79 bits per heavy atom. The average molecular weight is 404 g/mol. The molecule has 28 heavy (non-hydrogen) atoms. The fourth-order valence-electron chi connectivity index (χ4n) is 4.57. The van der Waals surface area contributed by atoms with Crippen molar-refractivity contribution in [1.29, 1.82) is 0 Å². The minimum atomic E-state index is -0.928. The fraction of sp³-hybridized carbons (Fsp3) is 0.619. The Bertz CT molecular complexity index is 865. The molecule has 0 bridgehead atoms. The van der Waals surface area contributed by atoms with Crippen LogP contribution in [-0.2, 0) is 16.1 Å². The predicted octanol–water partition coefficient (Wildman–Crippen LogP) is 3.40. The number of hydrogen-bond acceptors (Lipinski definition) is 4. The molecular weight excluding hydrogens is 374 g/mol. The highest BCUT2D eigenvalue weighted by atomic mass is 32.1. The van der Waals surface area contributed by atoms with E-state index in [-0.39, 0.29) is 17.9 Å². The first-order chi connectivity index (χ1) is 13.5. The molecule has 2 amide bonds. The zero-order chi connectivity index (χ0) is 19.7. The second kappa shape index (κ2) is 7.87. The Balaban J connectivity index is 1.66. The Kier molecular flexibility index (Phi) is 5.47. The van der Waals surface area contributed by atoms with Crippen LogP contribution in [0.3, 0.4) is 0 Å². The molecule has 0 unspecified atom stereocenters. The van der Waals surface area contributed by atoms with Gasteiger partial charge in [0.1, 0.15) is 11.2 Å². The summed E-state index contributed by atoms with van der Waals surface area (Å²) < 4.78 is 8.34. The standard InChI is InChI=1S/C21H29N3O3S/c1-21(20(26)22-15-7-5-3-4-6-8-15)14-23-16-9-12-28-18(16)13-17(23)19(25)24(21)10-11-27-2/h9,12-13,15H,3-8,10-11,14H2,1-2H3,(H,22,26)/t21-/m0/s1. The highest BCUT2D eigenvalue weighted by Crippen LogP contribution is 2.34. The van der Waals surface area contributed by atoms with Crippen molar-refractivity contribution in [3.63, 3.8) is 0 Å². The molecule has 2 aromatic rings. The minimum Gasteiger partial charge on any atom is -0.383 e. The number of methoxy groups -OCH3 is 1. The van der Waals surface area contributed by atoms with Crippen molar-refractivity contribution >= 4 is 33.4 Å². The van der Waals surface area contributed by atoms with E-state index in [1.807, 2.05) is 29.0 Å². The maximum Gasteiger partial charge on any atom is 0.271 e. The summed E-state index contributed by atoms with van der Waals surface area (Å²) in [7, 11) is 1.62. The van der Waals surface area contributed by atoms with Crippen molar-refractivity contribution in [2.45, 2.75) is 63.6 Å². The largest absolute Gasteiger partial charge is 0.383 e. The van der Waals surface area contributed by atoms with Gasteiger partial charge in [-0.1, -0.05) is 25.7 Å². The van der Waals surface area contributed by atoms with Crippen LogP contribution in [0.15, 0.2) is 17.5 Å². The number of ether oxygens (including phenoxy) is 1. The molecule has 4 rings (SSSR count). The Hall–Kier alpha value is -1.86. The number of carbonyl (C=O) groups excluding carboxylic acids is 2. The van der Waals surface area contributed by atoms with E-state index in [1.165, 1.54) is 12.8 Å². The molecule has 1 fully saturated rings. The van der Waals surface area contributed by atoms with E-state index in [1.54, 1.807) is 23.3 Å². The van der Waals surface area contributed by atoms with Gasteiger partial charge in [0, 0.05) is 19.7 Å². The van der Waals surface area contributed by atoms with Gasteiger partial charge in [-0.25, -0.2) is 0 Å². The molecule has 2 aromatic heterocycles. The predicted molar refractivity (Wildman–Crippen MR) is 111 cm³/mol. The number of nitrogens with zero attached hydrogens (tertiary/aromatic N) is 2. The minimum absolute atomic E-state index is 0.0495. The van der Waals surface area contributed by atoms with Crippen LogP contribution in [0.5, 0.6) is 0 Å². The van der Waals surface area contributed by atoms with E-state index in [2.05, 4.69) is 5.32 Å². The number of fused-ring (bicyclic) bond motifs is 3. The summed E-state index contributed by atoms with van der Waals surface area (Å²) in [6.07, 6.45) is 6.85. The van der Waals surface area contributed by atoms with Crippen molar-refractivity contribution in [2.75, 3.05) is 20.3 Å². The van der Waals surface area contributed by atoms with E-state index in [0.29, 0.717) is 25.4 Å². The average Bonchev–Trinajstić information content (AvgIpc) is 3.16. The monoisotopic (exact) mass is 403 g/mol. The van der Waals surface area contributed by atoms with Gasteiger partial charge in [0.2, 0.25) is 5.91 Å². The molecule has 1 atom stereocenters. The molecule has 1 aliphatic heterocycles. The number of rotatable bonds is 5. The SMILES string of the molecule is COCCN1C(=O)c2cc3sccc3n2C[C@@]1(C)C(=O)NC1CCCCCC1. The van der Waals surface area contributed by atoms with Crippen molar-refractivity contribution in [1.82, 2.24) is 14.8 Å². The van der Waals surface area contributed by atoms with E-state index in [4.69, 9.17) is 4.74 Å². The van der Waals surface area contributed by atoms with E-state index in [9.17, 15) is 9.59 Å². The summed E-state index contributed by atoms with van der Waals surface area (Å²) in [6.45, 7) is 3.18. The van der Waals surface area contributed by atoms with Crippen LogP contribution in [0.2, 0.25) is 0 Å². The normalized spacial score (nSPS) is 23.6. The van der Waals surface area contributed by atoms with Gasteiger partial charge in [-0.3, -0.25) is 9.59 Å². The number of thiophene rings is 1. The first kappa shape index (κ1) is 19.5. The molecule has 3 heterocycles. The molecule has 1 N–H and O–H groups in total. The Morgan fingerprint density at radius 2 is 2.07 bits per heavy atom. The van der Waals surface area contributed by atoms with Crippen LogP contribution < -0.4 is 5.32 Å². The van der Waals surface area contributed by atoms with Gasteiger partial charge < -0.3 is 19.5 Å². The molecule has 6 nitrogen and oxygen atoms in total. The van der Waals surface area contributed by atoms with Crippen LogP contribution in [0.4, 0.5) is 0 Å². The third-order valence-corrected chi connectivity index (χ3v) is 7.10. The number of aromatic nitrogens is 1. The smallest absolute Gasteiger partial charge is 0.271 e. The number of nitrogens with one attached hydrogen (secondary N) is 1. The molecule has 0 spiro atoms. The van der Waals surface area contributed by atoms with E-state index >= 15 is 0 Å². The summed E-state index contributed by atoms with van der Waals surface area (Å²) in [5, 5.41) is 5.31. The van der Waals surface area contributed by atoms with Gasteiger partial charge >= 0.3 is 0 Å². The molecule has 0 aromatic carbocycles. The van der Waals surface area contributed by atoms with Crippen LogP contribution in [0, 0.1) is 0 Å². The molecule has 152 valence electrons. The fourth-order valence-corrected chi connectivity index (χ4v) is 5.39. The van der Waals surface area contributed by atoms with Gasteiger partial charge in [0.05, 0.1) is 23.4 Å². The maximum absolute atomic E-state index is 13.5. The highest BCUT2D eigenvalue weighted by Gasteiger charge is 2.48. The molecule has 1 aliphatic carbocycles. The third-order valence-electron chi connectivity index (χ3n) is 6.25. The molecule has 0 saturated heterocycles. The van der Waals surface area contributed by atoms with Gasteiger partial charge in [-0.2, -0.15) is 0 Å². The summed E-state index contributed by atoms with van der Waals surface area (Å²) >= 11 is 1.62. The summed E-state index contributed by atoms with van der Waals surface area (Å²) in [5.41, 5.74) is 0.772. The first-order valence-corrected chi connectivity index (χ1v) is 11.1. The first-order valence-electron chi connectivity index (χ1n) is 10.2. The summed E-state index contributed by atoms with van der Waals surface area (Å²) in [4.78, 5) is 28.5. The Morgan fingerprint density at radius 1 is 1.32 bits per heavy atom. The van der Waals surface area contributed by atoms with Crippen LogP contribution in [0.25, 0.3) is 10.2 Å². The van der Waals surface area contributed by atoms with Crippen LogP contribution in [0.1, 0.15) is 55.9 Å². The molecule has 7 heteroatoms. The molecule has 0 radical (unpaired) electrons.